The van der Waals surface area contributed by atoms with E-state index in [1.807, 2.05) is 6.92 Å². The molecule has 192 valence electrons. The number of aromatic nitrogens is 5. The Morgan fingerprint density at radius 3 is 2.62 bits per heavy atom. The van der Waals surface area contributed by atoms with Crippen molar-refractivity contribution in [2.75, 3.05) is 38.4 Å². The van der Waals surface area contributed by atoms with Crippen molar-refractivity contribution in [1.29, 1.82) is 0 Å². The number of ether oxygens (including phenoxy) is 2. The van der Waals surface area contributed by atoms with Crippen LogP contribution in [0, 0.1) is 5.82 Å². The van der Waals surface area contributed by atoms with Gasteiger partial charge in [0.1, 0.15) is 29.5 Å². The number of nitrogens with two attached hydrogens (primary N) is 1. The molecule has 12 nitrogen and oxygen atoms in total. The molecule has 0 saturated heterocycles. The van der Waals surface area contributed by atoms with E-state index in [9.17, 15) is 9.18 Å². The van der Waals surface area contributed by atoms with E-state index in [1.54, 1.807) is 24.4 Å². The number of anilines is 2. The normalized spacial score (nSPS) is 11.7. The minimum atomic E-state index is -0.385. The number of carbonyl (C=O) groups is 1. The van der Waals surface area contributed by atoms with E-state index in [0.29, 0.717) is 35.1 Å². The van der Waals surface area contributed by atoms with Crippen LogP contribution < -0.4 is 21.1 Å². The zero-order valence-corrected chi connectivity index (χ0v) is 20.4. The van der Waals surface area contributed by atoms with Gasteiger partial charge in [-0.15, -0.1) is 0 Å². The van der Waals surface area contributed by atoms with Crippen LogP contribution in [-0.2, 0) is 9.53 Å². The first-order chi connectivity index (χ1) is 17.9. The van der Waals surface area contributed by atoms with Gasteiger partial charge >= 0.3 is 0 Å². The topological polar surface area (TPSA) is 163 Å². The number of nitrogen functional groups attached to an aromatic ring is 1. The molecule has 0 bridgehead atoms. The smallest absolute Gasteiger partial charge is 0.257 e. The minimum Gasteiger partial charge on any atom is -0.478 e. The molecule has 4 N–H and O–H groups in total. The molecule has 1 amide bonds. The van der Waals surface area contributed by atoms with Crippen molar-refractivity contribution < 1.29 is 23.1 Å². The van der Waals surface area contributed by atoms with E-state index < -0.39 is 0 Å². The van der Waals surface area contributed by atoms with E-state index in [2.05, 4.69) is 35.6 Å². The first-order valence-electron chi connectivity index (χ1n) is 11.2. The first kappa shape index (κ1) is 25.4. The number of oxazole rings is 1. The van der Waals surface area contributed by atoms with Gasteiger partial charge in [-0.2, -0.15) is 0 Å². The van der Waals surface area contributed by atoms with E-state index in [4.69, 9.17) is 19.6 Å². The second-order valence-electron chi connectivity index (χ2n) is 7.90. The second-order valence-corrected chi connectivity index (χ2v) is 7.90. The second kappa shape index (κ2) is 11.4. The van der Waals surface area contributed by atoms with Gasteiger partial charge in [0.05, 0.1) is 13.3 Å². The van der Waals surface area contributed by atoms with Crippen molar-refractivity contribution in [3.63, 3.8) is 0 Å². The molecule has 0 aliphatic rings. The molecule has 13 heteroatoms. The average Bonchev–Trinajstić information content (AvgIpc) is 3.34. The van der Waals surface area contributed by atoms with Crippen molar-refractivity contribution in [3.8, 4) is 40.2 Å². The quantitative estimate of drug-likeness (QED) is 0.288. The zero-order valence-electron chi connectivity index (χ0n) is 20.4. The summed E-state index contributed by atoms with van der Waals surface area (Å²) in [6.07, 6.45) is 3.00. The maximum Gasteiger partial charge on any atom is 0.257 e. The van der Waals surface area contributed by atoms with Crippen LogP contribution in [0.5, 0.6) is 5.88 Å². The Bertz CT molecular complexity index is 1380. The largest absolute Gasteiger partial charge is 0.478 e. The summed E-state index contributed by atoms with van der Waals surface area (Å²) in [7, 11) is 2.88. The lowest BCUT2D eigenvalue weighted by atomic mass is 10.2. The number of nitrogens with one attached hydrogen (secondary N) is 2. The van der Waals surface area contributed by atoms with Crippen LogP contribution in [0.2, 0.25) is 0 Å². The lowest BCUT2D eigenvalue weighted by Crippen LogP contribution is -2.39. The van der Waals surface area contributed by atoms with E-state index >= 15 is 0 Å². The minimum absolute atomic E-state index is 0.0280. The molecule has 0 spiro atoms. The number of hydrogen-bond acceptors (Lipinski definition) is 11. The Morgan fingerprint density at radius 1 is 1.11 bits per heavy atom. The Kier molecular flexibility index (Phi) is 7.83. The van der Waals surface area contributed by atoms with Gasteiger partial charge in [0.2, 0.25) is 17.7 Å². The molecule has 0 unspecified atom stereocenters. The van der Waals surface area contributed by atoms with Crippen molar-refractivity contribution >= 4 is 17.7 Å². The molecule has 1 atom stereocenters. The summed E-state index contributed by atoms with van der Waals surface area (Å²) >= 11 is 0. The molecule has 4 rings (SSSR count). The summed E-state index contributed by atoms with van der Waals surface area (Å²) < 4.78 is 29.6. The van der Waals surface area contributed by atoms with Gasteiger partial charge in [-0.05, 0) is 37.3 Å². The maximum atomic E-state index is 13.5. The molecule has 0 aliphatic carbocycles. The number of halogens is 1. The number of nitrogens with zero attached hydrogens (tertiary/aromatic N) is 5. The zero-order chi connectivity index (χ0) is 26.4. The van der Waals surface area contributed by atoms with Crippen LogP contribution in [0.1, 0.15) is 6.92 Å². The molecule has 0 saturated carbocycles. The van der Waals surface area contributed by atoms with Crippen LogP contribution in [0.4, 0.5) is 16.2 Å². The number of carbonyl (C=O) groups excluding carboxylic acids is 1. The molecule has 0 radical (unpaired) electrons. The average molecular weight is 509 g/mol. The lowest BCUT2D eigenvalue weighted by Gasteiger charge is -2.14. The molecular weight excluding hydrogens is 483 g/mol. The summed E-state index contributed by atoms with van der Waals surface area (Å²) in [5.74, 6) is 0.448. The third-order valence-electron chi connectivity index (χ3n) is 5.06. The predicted octanol–water partition coefficient (Wildman–Crippen LogP) is 2.55. The third kappa shape index (κ3) is 6.13. The summed E-state index contributed by atoms with van der Waals surface area (Å²) in [6, 6.07) is 7.16. The Morgan fingerprint density at radius 2 is 1.89 bits per heavy atom. The van der Waals surface area contributed by atoms with Crippen LogP contribution in [0.25, 0.3) is 34.3 Å². The van der Waals surface area contributed by atoms with E-state index in [1.165, 1.54) is 32.5 Å². The monoisotopic (exact) mass is 508 g/mol. The fourth-order valence-electron chi connectivity index (χ4n) is 3.34. The van der Waals surface area contributed by atoms with Crippen LogP contribution in [0.3, 0.4) is 0 Å². The van der Waals surface area contributed by atoms with E-state index in [0.717, 1.165) is 0 Å². The molecule has 3 heterocycles. The number of methoxy groups -OCH3 is 2. The van der Waals surface area contributed by atoms with Gasteiger partial charge in [0.25, 0.3) is 5.88 Å². The summed E-state index contributed by atoms with van der Waals surface area (Å²) in [5.41, 5.74) is 7.44. The highest BCUT2D eigenvalue weighted by Crippen LogP contribution is 2.35. The molecule has 4 aromatic rings. The highest BCUT2D eigenvalue weighted by atomic mass is 19.1. The molecule has 0 aliphatic heterocycles. The predicted molar refractivity (Wildman–Crippen MR) is 133 cm³/mol. The van der Waals surface area contributed by atoms with Crippen LogP contribution >= 0.6 is 0 Å². The van der Waals surface area contributed by atoms with Crippen molar-refractivity contribution in [1.82, 2.24) is 30.2 Å². The number of amides is 1. The highest BCUT2D eigenvalue weighted by molar-refractivity contribution is 5.77. The highest BCUT2D eigenvalue weighted by Gasteiger charge is 2.22. The van der Waals surface area contributed by atoms with Gasteiger partial charge in [0, 0.05) is 31.5 Å². The molecule has 1 aromatic carbocycles. The number of hydrogen-bond donors (Lipinski definition) is 3. The third-order valence-corrected chi connectivity index (χ3v) is 5.06. The standard InChI is InChI=1S/C24H25FN8O4/c1-13(30-18(34)12-35-2)10-29-24-27-9-8-16(32-24)20-19(17-11-28-21(26)23(31-17)36-3)33-22(37-20)14-4-6-15(25)7-5-14/h4-9,11,13H,10,12H2,1-3H3,(H2,26,28)(H,30,34)(H,27,29,32)/t13-/m0/s1. The van der Waals surface area contributed by atoms with Gasteiger partial charge in [0.15, 0.2) is 11.6 Å². The van der Waals surface area contributed by atoms with E-state index in [-0.39, 0.29) is 47.7 Å². The fourth-order valence-corrected chi connectivity index (χ4v) is 3.34. The van der Waals surface area contributed by atoms with Crippen LogP contribution in [0.15, 0.2) is 47.1 Å². The Hall–Kier alpha value is -4.65. The Labute approximate surface area is 211 Å². The molecular formula is C24H25FN8O4. The van der Waals surface area contributed by atoms with Crippen molar-refractivity contribution in [2.24, 2.45) is 0 Å². The number of benzene rings is 1. The molecule has 0 fully saturated rings. The van der Waals surface area contributed by atoms with Crippen LogP contribution in [-0.4, -0.2) is 64.2 Å². The summed E-state index contributed by atoms with van der Waals surface area (Å²) in [5, 5.41) is 5.88. The lowest BCUT2D eigenvalue weighted by molar-refractivity contribution is -0.125. The van der Waals surface area contributed by atoms with Crippen molar-refractivity contribution in [3.05, 3.63) is 48.5 Å². The first-order valence-corrected chi connectivity index (χ1v) is 11.2. The maximum absolute atomic E-state index is 13.5. The fraction of sp³-hybridized carbons (Fsp3) is 0.250. The molecule has 3 aromatic heterocycles. The van der Waals surface area contributed by atoms with Crippen molar-refractivity contribution in [2.45, 2.75) is 13.0 Å². The summed E-state index contributed by atoms with van der Waals surface area (Å²) in [4.78, 5) is 33.6. The number of rotatable bonds is 10. The van der Waals surface area contributed by atoms with Gasteiger partial charge in [-0.25, -0.2) is 29.3 Å². The summed E-state index contributed by atoms with van der Waals surface area (Å²) in [6.45, 7) is 2.17. The SMILES string of the molecule is COCC(=O)N[C@@H](C)CNc1nccc(-c2oc(-c3ccc(F)cc3)nc2-c2cnc(N)c(OC)n2)n1. The van der Waals surface area contributed by atoms with Gasteiger partial charge in [-0.3, -0.25) is 4.79 Å². The van der Waals surface area contributed by atoms with Gasteiger partial charge < -0.3 is 30.3 Å². The molecule has 37 heavy (non-hydrogen) atoms. The Balaban J connectivity index is 1.68. The van der Waals surface area contributed by atoms with Gasteiger partial charge in [-0.1, -0.05) is 0 Å².